The van der Waals surface area contributed by atoms with Crippen molar-refractivity contribution < 1.29 is 9.53 Å². The number of halogens is 1. The summed E-state index contributed by atoms with van der Waals surface area (Å²) in [5, 5.41) is 2.32. The second kappa shape index (κ2) is 5.33. The van der Waals surface area contributed by atoms with Crippen LogP contribution in [0.1, 0.15) is 24.3 Å². The number of ether oxygens (including phenoxy) is 1. The summed E-state index contributed by atoms with van der Waals surface area (Å²) < 4.78 is 7.21. The van der Waals surface area contributed by atoms with Crippen LogP contribution in [0.4, 0.5) is 0 Å². The zero-order valence-corrected chi connectivity index (χ0v) is 12.5. The van der Waals surface area contributed by atoms with E-state index in [9.17, 15) is 4.79 Å². The van der Waals surface area contributed by atoms with Crippen molar-refractivity contribution in [2.45, 2.75) is 18.8 Å². The Labute approximate surface area is 125 Å². The van der Waals surface area contributed by atoms with Gasteiger partial charge in [-0.25, -0.2) is 0 Å². The highest BCUT2D eigenvalue weighted by molar-refractivity contribution is 14.1. The van der Waals surface area contributed by atoms with Gasteiger partial charge in [0.15, 0.2) is 0 Å². The van der Waals surface area contributed by atoms with Gasteiger partial charge in [-0.1, -0.05) is 42.5 Å². The lowest BCUT2D eigenvalue weighted by Gasteiger charge is -2.23. The second-order valence-electron chi connectivity index (χ2n) is 4.66. The van der Waals surface area contributed by atoms with Crippen molar-refractivity contribution in [1.82, 2.24) is 0 Å². The van der Waals surface area contributed by atoms with E-state index in [1.807, 2.05) is 28.3 Å². The van der Waals surface area contributed by atoms with Crippen molar-refractivity contribution in [1.29, 1.82) is 0 Å². The van der Waals surface area contributed by atoms with Crippen molar-refractivity contribution in [3.8, 4) is 0 Å². The largest absolute Gasteiger partial charge is 0.430 e. The van der Waals surface area contributed by atoms with Crippen LogP contribution in [-0.4, -0.2) is 5.97 Å². The Morgan fingerprint density at radius 3 is 2.74 bits per heavy atom. The number of benzene rings is 2. The molecule has 1 fully saturated rings. The van der Waals surface area contributed by atoms with E-state index in [4.69, 9.17) is 4.74 Å². The van der Waals surface area contributed by atoms with Gasteiger partial charge in [-0.15, -0.1) is 0 Å². The smallest absolute Gasteiger partial charge is 0.318 e. The molecule has 0 bridgehead atoms. The molecule has 2 aromatic carbocycles. The molecule has 0 saturated carbocycles. The number of esters is 1. The fraction of sp³-hybridized carbons (Fsp3) is 0.188. The van der Waals surface area contributed by atoms with Gasteiger partial charge in [0, 0.05) is 10.5 Å². The molecule has 0 radical (unpaired) electrons. The molecule has 96 valence electrons. The van der Waals surface area contributed by atoms with E-state index in [0.29, 0.717) is 0 Å². The van der Waals surface area contributed by atoms with E-state index in [1.54, 1.807) is 0 Å². The van der Waals surface area contributed by atoms with Crippen LogP contribution >= 0.6 is 22.6 Å². The highest BCUT2D eigenvalue weighted by Crippen LogP contribution is 2.35. The standard InChI is InChI=1S/C16H13IO2/c17-10-12-8-9-15(16(18)19-12)14-7-3-5-11-4-1-2-6-13(11)14/h1-7,10,15H,8-9H2/b12-10+/t15-/m1/s1. The number of hydrogen-bond donors (Lipinski definition) is 0. The number of allylic oxidation sites excluding steroid dienone is 1. The van der Waals surface area contributed by atoms with E-state index >= 15 is 0 Å². The molecule has 1 aliphatic rings. The fourth-order valence-electron chi connectivity index (χ4n) is 2.57. The third kappa shape index (κ3) is 2.39. The van der Waals surface area contributed by atoms with Gasteiger partial charge in [0.2, 0.25) is 0 Å². The molecule has 3 rings (SSSR count). The highest BCUT2D eigenvalue weighted by Gasteiger charge is 2.29. The molecule has 1 aliphatic heterocycles. The summed E-state index contributed by atoms with van der Waals surface area (Å²) in [6.07, 6.45) is 1.64. The normalized spacial score (nSPS) is 21.6. The summed E-state index contributed by atoms with van der Waals surface area (Å²) in [5.74, 6) is 0.499. The zero-order valence-electron chi connectivity index (χ0n) is 10.3. The van der Waals surface area contributed by atoms with Crippen LogP contribution in [0.3, 0.4) is 0 Å². The monoisotopic (exact) mass is 364 g/mol. The SMILES string of the molecule is O=C1O/C(=C/I)CC[C@@H]1c1cccc2ccccc12. The van der Waals surface area contributed by atoms with Crippen LogP contribution in [0.25, 0.3) is 10.8 Å². The molecule has 0 amide bonds. The van der Waals surface area contributed by atoms with Crippen molar-refractivity contribution in [3.63, 3.8) is 0 Å². The number of carbonyl (C=O) groups is 1. The molecular weight excluding hydrogens is 351 g/mol. The Morgan fingerprint density at radius 2 is 1.95 bits per heavy atom. The molecule has 1 heterocycles. The van der Waals surface area contributed by atoms with E-state index < -0.39 is 0 Å². The van der Waals surface area contributed by atoms with Crippen LogP contribution in [0.5, 0.6) is 0 Å². The topological polar surface area (TPSA) is 26.3 Å². The molecule has 1 saturated heterocycles. The Hall–Kier alpha value is -1.36. The van der Waals surface area contributed by atoms with Gasteiger partial charge in [0.1, 0.15) is 5.76 Å². The van der Waals surface area contributed by atoms with Gasteiger partial charge in [0.05, 0.1) is 5.92 Å². The molecule has 2 aromatic rings. The Balaban J connectivity index is 2.03. The van der Waals surface area contributed by atoms with E-state index in [2.05, 4.69) is 40.8 Å². The first-order valence-electron chi connectivity index (χ1n) is 6.28. The summed E-state index contributed by atoms with van der Waals surface area (Å²) in [5.41, 5.74) is 1.08. The number of fused-ring (bicyclic) bond motifs is 1. The summed E-state index contributed by atoms with van der Waals surface area (Å²) in [6.45, 7) is 0. The summed E-state index contributed by atoms with van der Waals surface area (Å²) in [4.78, 5) is 12.1. The van der Waals surface area contributed by atoms with Gasteiger partial charge >= 0.3 is 5.97 Å². The van der Waals surface area contributed by atoms with E-state index in [-0.39, 0.29) is 11.9 Å². The van der Waals surface area contributed by atoms with Gasteiger partial charge in [-0.2, -0.15) is 0 Å². The van der Waals surface area contributed by atoms with Crippen molar-refractivity contribution in [3.05, 3.63) is 57.9 Å². The molecule has 2 nitrogen and oxygen atoms in total. The van der Waals surface area contributed by atoms with E-state index in [0.717, 1.165) is 29.6 Å². The predicted octanol–water partition coefficient (Wildman–Crippen LogP) is 4.54. The molecular formula is C16H13IO2. The van der Waals surface area contributed by atoms with Crippen molar-refractivity contribution in [2.24, 2.45) is 0 Å². The summed E-state index contributed by atoms with van der Waals surface area (Å²) in [7, 11) is 0. The van der Waals surface area contributed by atoms with Crippen LogP contribution in [0, 0.1) is 0 Å². The Bertz CT molecular complexity index is 655. The molecule has 1 atom stereocenters. The van der Waals surface area contributed by atoms with Crippen LogP contribution in [-0.2, 0) is 9.53 Å². The molecule has 3 heteroatoms. The van der Waals surface area contributed by atoms with Crippen LogP contribution < -0.4 is 0 Å². The summed E-state index contributed by atoms with van der Waals surface area (Å²) in [6, 6.07) is 14.3. The predicted molar refractivity (Wildman–Crippen MR) is 84.1 cm³/mol. The number of hydrogen-bond acceptors (Lipinski definition) is 2. The first-order chi connectivity index (χ1) is 9.29. The maximum atomic E-state index is 12.1. The minimum absolute atomic E-state index is 0.134. The van der Waals surface area contributed by atoms with Crippen LogP contribution in [0.15, 0.2) is 52.3 Å². The lowest BCUT2D eigenvalue weighted by molar-refractivity contribution is -0.143. The lowest BCUT2D eigenvalue weighted by atomic mass is 9.88. The second-order valence-corrected chi connectivity index (χ2v) is 5.28. The zero-order chi connectivity index (χ0) is 13.2. The third-order valence-electron chi connectivity index (χ3n) is 3.52. The number of rotatable bonds is 1. The molecule has 0 aromatic heterocycles. The van der Waals surface area contributed by atoms with Crippen molar-refractivity contribution >= 4 is 39.3 Å². The maximum Gasteiger partial charge on any atom is 0.318 e. The average Bonchev–Trinajstić information content (AvgIpc) is 2.46. The minimum Gasteiger partial charge on any atom is -0.430 e. The number of cyclic esters (lactones) is 1. The van der Waals surface area contributed by atoms with Gasteiger partial charge in [-0.05, 0) is 45.3 Å². The quantitative estimate of drug-likeness (QED) is 0.549. The van der Waals surface area contributed by atoms with Crippen molar-refractivity contribution in [2.75, 3.05) is 0 Å². The van der Waals surface area contributed by atoms with Gasteiger partial charge < -0.3 is 4.74 Å². The highest BCUT2D eigenvalue weighted by atomic mass is 127. The van der Waals surface area contributed by atoms with E-state index in [1.165, 1.54) is 5.39 Å². The average molecular weight is 364 g/mol. The maximum absolute atomic E-state index is 12.1. The molecule has 0 aliphatic carbocycles. The first kappa shape index (κ1) is 12.7. The third-order valence-corrected chi connectivity index (χ3v) is 4.21. The Kier molecular flexibility index (Phi) is 3.55. The molecule has 0 N–H and O–H groups in total. The molecule has 19 heavy (non-hydrogen) atoms. The first-order valence-corrected chi connectivity index (χ1v) is 7.53. The fourth-order valence-corrected chi connectivity index (χ4v) is 3.01. The van der Waals surface area contributed by atoms with Crippen LogP contribution in [0.2, 0.25) is 0 Å². The molecule has 0 spiro atoms. The summed E-state index contributed by atoms with van der Waals surface area (Å²) >= 11 is 2.11. The van der Waals surface area contributed by atoms with Gasteiger partial charge in [0.25, 0.3) is 0 Å². The number of carbonyl (C=O) groups excluding carboxylic acids is 1. The van der Waals surface area contributed by atoms with Gasteiger partial charge in [-0.3, -0.25) is 4.79 Å². The lowest BCUT2D eigenvalue weighted by Crippen LogP contribution is -2.21. The minimum atomic E-state index is -0.147. The molecule has 0 unspecified atom stereocenters. The Morgan fingerprint density at radius 1 is 1.16 bits per heavy atom.